The first-order valence-electron chi connectivity index (χ1n) is 9.50. The number of hydrogen-bond donors (Lipinski definition) is 1. The number of amides is 3. The van der Waals surface area contributed by atoms with Crippen molar-refractivity contribution in [2.24, 2.45) is 11.8 Å². The second-order valence-electron chi connectivity index (χ2n) is 7.36. The molecule has 0 aromatic heterocycles. The Morgan fingerprint density at radius 2 is 1.72 bits per heavy atom. The Bertz CT molecular complexity index is 871. The number of nitrogens with one attached hydrogen (secondary N) is 1. The maximum Gasteiger partial charge on any atom is 0.329 e. The molecule has 3 amide bonds. The molecule has 1 aromatic rings. The lowest BCUT2D eigenvalue weighted by Gasteiger charge is -2.23. The van der Waals surface area contributed by atoms with E-state index in [1.54, 1.807) is 25.1 Å². The van der Waals surface area contributed by atoms with Gasteiger partial charge in [0.1, 0.15) is 6.04 Å². The molecule has 1 aromatic carbocycles. The Morgan fingerprint density at radius 1 is 1.14 bits per heavy atom. The summed E-state index contributed by atoms with van der Waals surface area (Å²) in [4.78, 5) is 51.1. The Kier molecular flexibility index (Phi) is 6.07. The summed E-state index contributed by atoms with van der Waals surface area (Å²) in [5, 5.41) is 3.17. The minimum atomic E-state index is -1.11. The predicted octanol–water partition coefficient (Wildman–Crippen LogP) is 2.86. The highest BCUT2D eigenvalue weighted by molar-refractivity contribution is 6.31. The van der Waals surface area contributed by atoms with Crippen LogP contribution in [0.4, 0.5) is 5.69 Å². The summed E-state index contributed by atoms with van der Waals surface area (Å²) < 4.78 is 5.23. The fraction of sp³-hybridized carbons (Fsp3) is 0.429. The van der Waals surface area contributed by atoms with Crippen molar-refractivity contribution in [2.45, 2.75) is 45.8 Å². The summed E-state index contributed by atoms with van der Waals surface area (Å²) >= 11 is 6.04. The van der Waals surface area contributed by atoms with E-state index in [1.165, 1.54) is 13.8 Å². The number of carbonyl (C=O) groups is 4. The molecule has 1 heterocycles. The third-order valence-electron chi connectivity index (χ3n) is 5.46. The number of imide groups is 1. The number of nitrogens with zero attached hydrogens (tertiary/aromatic N) is 1. The molecule has 1 N–H and O–H groups in total. The lowest BCUT2D eigenvalue weighted by molar-refractivity contribution is -0.163. The van der Waals surface area contributed by atoms with Crippen LogP contribution in [0.3, 0.4) is 0 Å². The van der Waals surface area contributed by atoms with Crippen LogP contribution < -0.4 is 5.32 Å². The standard InChI is InChI=1S/C21H23ClN2O5/c1-11-16(22)9-6-10-17(11)23-18(25)13(3)29-21(28)12(2)24-19(26)14-7-4-5-8-15(14)20(24)27/h4-6,9-10,12-15H,7-8H2,1-3H3,(H,23,25)/t12-,13-,14-,15-/m0/s1. The van der Waals surface area contributed by atoms with Gasteiger partial charge in [-0.05, 0) is 51.3 Å². The van der Waals surface area contributed by atoms with Gasteiger partial charge < -0.3 is 10.1 Å². The van der Waals surface area contributed by atoms with Crippen LogP contribution in [0.15, 0.2) is 30.4 Å². The lowest BCUT2D eigenvalue weighted by atomic mass is 9.85. The molecule has 3 rings (SSSR count). The molecule has 1 fully saturated rings. The highest BCUT2D eigenvalue weighted by Gasteiger charge is 2.50. The molecule has 29 heavy (non-hydrogen) atoms. The fourth-order valence-corrected chi connectivity index (χ4v) is 3.79. The number of carbonyl (C=O) groups excluding carboxylic acids is 4. The number of anilines is 1. The Labute approximate surface area is 174 Å². The number of fused-ring (bicyclic) bond motifs is 1. The van der Waals surface area contributed by atoms with Crippen molar-refractivity contribution in [3.63, 3.8) is 0 Å². The van der Waals surface area contributed by atoms with Gasteiger partial charge in [-0.25, -0.2) is 4.79 Å². The van der Waals surface area contributed by atoms with Crippen molar-refractivity contribution < 1.29 is 23.9 Å². The van der Waals surface area contributed by atoms with E-state index >= 15 is 0 Å². The molecule has 0 radical (unpaired) electrons. The van der Waals surface area contributed by atoms with Gasteiger partial charge in [-0.15, -0.1) is 0 Å². The average Bonchev–Trinajstić information content (AvgIpc) is 2.95. The molecule has 4 atom stereocenters. The minimum Gasteiger partial charge on any atom is -0.451 e. The van der Waals surface area contributed by atoms with Gasteiger partial charge in [-0.3, -0.25) is 19.3 Å². The first-order valence-corrected chi connectivity index (χ1v) is 9.88. The molecule has 1 aliphatic carbocycles. The number of ether oxygens (including phenoxy) is 1. The molecule has 154 valence electrons. The number of esters is 1. The van der Waals surface area contributed by atoms with E-state index < -0.39 is 35.9 Å². The normalized spacial score (nSPS) is 22.8. The van der Waals surface area contributed by atoms with Gasteiger partial charge >= 0.3 is 5.97 Å². The lowest BCUT2D eigenvalue weighted by Crippen LogP contribution is -2.46. The predicted molar refractivity (Wildman–Crippen MR) is 107 cm³/mol. The van der Waals surface area contributed by atoms with Crippen molar-refractivity contribution >= 4 is 41.0 Å². The SMILES string of the molecule is Cc1c(Cl)cccc1NC(=O)[C@H](C)OC(=O)[C@H](C)N1C(=O)[C@H]2CC=CC[C@@H]2C1=O. The van der Waals surface area contributed by atoms with Crippen LogP contribution >= 0.6 is 11.6 Å². The van der Waals surface area contributed by atoms with Crippen LogP contribution in [0.5, 0.6) is 0 Å². The maximum absolute atomic E-state index is 12.6. The van der Waals surface area contributed by atoms with Gasteiger partial charge in [0.05, 0.1) is 11.8 Å². The third-order valence-corrected chi connectivity index (χ3v) is 5.87. The zero-order valence-corrected chi connectivity index (χ0v) is 17.2. The van der Waals surface area contributed by atoms with E-state index in [0.29, 0.717) is 29.1 Å². The van der Waals surface area contributed by atoms with E-state index in [2.05, 4.69) is 5.32 Å². The van der Waals surface area contributed by atoms with Gasteiger partial charge in [0.25, 0.3) is 5.91 Å². The molecule has 7 nitrogen and oxygen atoms in total. The number of allylic oxidation sites excluding steroid dienone is 2. The highest BCUT2D eigenvalue weighted by atomic mass is 35.5. The van der Waals surface area contributed by atoms with Crippen LogP contribution in [-0.2, 0) is 23.9 Å². The molecule has 0 spiro atoms. The molecular formula is C21H23ClN2O5. The molecule has 0 bridgehead atoms. The Hall–Kier alpha value is -2.67. The van der Waals surface area contributed by atoms with Gasteiger partial charge in [0.2, 0.25) is 11.8 Å². The Balaban J connectivity index is 1.63. The minimum absolute atomic E-state index is 0.361. The largest absolute Gasteiger partial charge is 0.451 e. The van der Waals surface area contributed by atoms with E-state index in [4.69, 9.17) is 16.3 Å². The van der Waals surface area contributed by atoms with Crippen LogP contribution in [0, 0.1) is 18.8 Å². The van der Waals surface area contributed by atoms with E-state index in [-0.39, 0.29) is 11.8 Å². The van der Waals surface area contributed by atoms with Gasteiger partial charge in [-0.2, -0.15) is 0 Å². The van der Waals surface area contributed by atoms with Crippen LogP contribution in [0.1, 0.15) is 32.3 Å². The number of likely N-dealkylation sites (tertiary alicyclic amines) is 1. The number of hydrogen-bond acceptors (Lipinski definition) is 5. The molecule has 1 aliphatic heterocycles. The van der Waals surface area contributed by atoms with Gasteiger partial charge in [-0.1, -0.05) is 29.8 Å². The van der Waals surface area contributed by atoms with E-state index in [1.807, 2.05) is 12.2 Å². The third kappa shape index (κ3) is 4.05. The molecular weight excluding hydrogens is 396 g/mol. The summed E-state index contributed by atoms with van der Waals surface area (Å²) in [6.45, 7) is 4.63. The van der Waals surface area contributed by atoms with Gasteiger partial charge in [0, 0.05) is 10.7 Å². The smallest absolute Gasteiger partial charge is 0.329 e. The quantitative estimate of drug-likeness (QED) is 0.451. The number of benzene rings is 1. The Morgan fingerprint density at radius 3 is 2.31 bits per heavy atom. The second-order valence-corrected chi connectivity index (χ2v) is 7.77. The molecule has 0 saturated carbocycles. The van der Waals surface area contributed by atoms with Crippen molar-refractivity contribution in [3.8, 4) is 0 Å². The van der Waals surface area contributed by atoms with Crippen molar-refractivity contribution in [2.75, 3.05) is 5.32 Å². The van der Waals surface area contributed by atoms with Gasteiger partial charge in [0.15, 0.2) is 6.10 Å². The highest BCUT2D eigenvalue weighted by Crippen LogP contribution is 2.36. The van der Waals surface area contributed by atoms with Crippen molar-refractivity contribution in [3.05, 3.63) is 40.9 Å². The van der Waals surface area contributed by atoms with Crippen molar-refractivity contribution in [1.29, 1.82) is 0 Å². The zero-order chi connectivity index (χ0) is 21.3. The summed E-state index contributed by atoms with van der Waals surface area (Å²) in [6, 6.07) is 3.99. The van der Waals surface area contributed by atoms with Crippen LogP contribution in [0.2, 0.25) is 5.02 Å². The van der Waals surface area contributed by atoms with Crippen LogP contribution in [0.25, 0.3) is 0 Å². The molecule has 0 unspecified atom stereocenters. The topological polar surface area (TPSA) is 92.8 Å². The fourth-order valence-electron chi connectivity index (χ4n) is 3.62. The summed E-state index contributed by atoms with van der Waals surface area (Å²) in [6.07, 6.45) is 3.63. The maximum atomic E-state index is 12.6. The number of rotatable bonds is 5. The summed E-state index contributed by atoms with van der Waals surface area (Å²) in [5.41, 5.74) is 1.21. The van der Waals surface area contributed by atoms with Crippen LogP contribution in [-0.4, -0.2) is 40.7 Å². The molecule has 1 saturated heterocycles. The monoisotopic (exact) mass is 418 g/mol. The first kappa shape index (κ1) is 21.0. The van der Waals surface area contributed by atoms with E-state index in [9.17, 15) is 19.2 Å². The summed E-state index contributed by atoms with van der Waals surface area (Å²) in [5.74, 6) is -2.90. The molecule has 8 heteroatoms. The first-order chi connectivity index (χ1) is 13.7. The average molecular weight is 419 g/mol. The van der Waals surface area contributed by atoms with E-state index in [0.717, 1.165) is 4.90 Å². The number of halogens is 1. The second kappa shape index (κ2) is 8.37. The zero-order valence-electron chi connectivity index (χ0n) is 16.5. The molecule has 2 aliphatic rings. The van der Waals surface area contributed by atoms with Crippen molar-refractivity contribution in [1.82, 2.24) is 4.90 Å². The summed E-state index contributed by atoms with van der Waals surface area (Å²) in [7, 11) is 0.